The topological polar surface area (TPSA) is 72.8 Å². The lowest BCUT2D eigenvalue weighted by Crippen LogP contribution is -2.22. The molecule has 27 heavy (non-hydrogen) atoms. The molecule has 3 aromatic rings. The van der Waals surface area contributed by atoms with E-state index >= 15 is 0 Å². The summed E-state index contributed by atoms with van der Waals surface area (Å²) in [7, 11) is 2.78. The first-order chi connectivity index (χ1) is 13.1. The summed E-state index contributed by atoms with van der Waals surface area (Å²) in [4.78, 5) is 26.1. The first kappa shape index (κ1) is 16.8. The normalized spacial score (nSPS) is 13.7. The highest BCUT2D eigenvalue weighted by molar-refractivity contribution is 6.41. The van der Waals surface area contributed by atoms with Gasteiger partial charge in [0.05, 0.1) is 25.4 Å². The number of ether oxygens (including phenoxy) is 2. The Morgan fingerprint density at radius 1 is 0.815 bits per heavy atom. The van der Waals surface area contributed by atoms with Crippen LogP contribution in [-0.2, 0) is 4.74 Å². The maximum Gasteiger partial charge on any atom is 0.229 e. The molecule has 0 saturated heterocycles. The Labute approximate surface area is 155 Å². The van der Waals surface area contributed by atoms with Gasteiger partial charge in [0.15, 0.2) is 11.5 Å². The summed E-state index contributed by atoms with van der Waals surface area (Å²) >= 11 is 0. The number of carbonyl (C=O) groups is 2. The maximum atomic E-state index is 13.2. The van der Waals surface area contributed by atoms with Gasteiger partial charge in [-0.25, -0.2) is 0 Å². The van der Waals surface area contributed by atoms with E-state index in [-0.39, 0.29) is 39.5 Å². The third kappa shape index (κ3) is 2.39. The van der Waals surface area contributed by atoms with Crippen molar-refractivity contribution in [1.29, 1.82) is 0 Å². The highest BCUT2D eigenvalue weighted by Gasteiger charge is 2.36. The second-order valence-electron chi connectivity index (χ2n) is 6.14. The molecule has 0 fully saturated rings. The fourth-order valence-corrected chi connectivity index (χ4v) is 3.48. The molecule has 3 aromatic carbocycles. The molecule has 0 amide bonds. The summed E-state index contributed by atoms with van der Waals surface area (Å²) in [5.74, 6) is -0.753. The zero-order valence-corrected chi connectivity index (χ0v) is 14.8. The van der Waals surface area contributed by atoms with E-state index in [4.69, 9.17) is 9.47 Å². The molecular formula is C22H16O5. The van der Waals surface area contributed by atoms with E-state index in [1.54, 1.807) is 42.5 Å². The molecule has 0 saturated carbocycles. The van der Waals surface area contributed by atoms with Crippen molar-refractivity contribution < 1.29 is 24.2 Å². The van der Waals surface area contributed by atoms with Gasteiger partial charge in [-0.1, -0.05) is 48.5 Å². The second-order valence-corrected chi connectivity index (χ2v) is 6.14. The molecule has 0 unspecified atom stereocenters. The van der Waals surface area contributed by atoms with Crippen LogP contribution in [0.4, 0.5) is 0 Å². The minimum absolute atomic E-state index is 0.00121. The minimum Gasteiger partial charge on any atom is -0.507 e. The predicted molar refractivity (Wildman–Crippen MR) is 101 cm³/mol. The van der Waals surface area contributed by atoms with Crippen LogP contribution >= 0.6 is 0 Å². The molecule has 0 aromatic heterocycles. The van der Waals surface area contributed by atoms with Crippen molar-refractivity contribution >= 4 is 27.9 Å². The Morgan fingerprint density at radius 2 is 1.44 bits per heavy atom. The van der Waals surface area contributed by atoms with Crippen molar-refractivity contribution in [3.8, 4) is 11.5 Å². The number of phenolic OH excluding ortho intramolecular Hbond substituents is 1. The maximum absolute atomic E-state index is 13.2. The minimum atomic E-state index is -0.405. The largest absolute Gasteiger partial charge is 0.507 e. The first-order valence-corrected chi connectivity index (χ1v) is 8.34. The second kappa shape index (κ2) is 6.29. The number of hydrogen-bond acceptors (Lipinski definition) is 5. The van der Waals surface area contributed by atoms with E-state index in [9.17, 15) is 14.7 Å². The van der Waals surface area contributed by atoms with Crippen molar-refractivity contribution in [3.63, 3.8) is 0 Å². The van der Waals surface area contributed by atoms with E-state index < -0.39 is 11.6 Å². The van der Waals surface area contributed by atoms with Gasteiger partial charge < -0.3 is 14.6 Å². The van der Waals surface area contributed by atoms with E-state index in [2.05, 4.69) is 0 Å². The fourth-order valence-electron chi connectivity index (χ4n) is 3.48. The summed E-state index contributed by atoms with van der Waals surface area (Å²) in [5, 5.41) is 12.3. The van der Waals surface area contributed by atoms with Crippen LogP contribution in [0.25, 0.3) is 16.3 Å². The molecule has 5 nitrogen and oxygen atoms in total. The molecule has 0 radical (unpaired) electrons. The number of phenols is 1. The molecule has 5 heteroatoms. The molecule has 0 spiro atoms. The number of hydrogen-bond donors (Lipinski definition) is 1. The SMILES string of the molecule is COC1=C(c2c(OC)cc3ccccc3c2O)C(=O)c2ccccc2C1=O. The Hall–Kier alpha value is -3.60. The highest BCUT2D eigenvalue weighted by Crippen LogP contribution is 2.44. The summed E-state index contributed by atoms with van der Waals surface area (Å²) in [6.07, 6.45) is 0. The average molecular weight is 360 g/mol. The molecule has 1 N–H and O–H groups in total. The number of benzene rings is 3. The summed E-state index contributed by atoms with van der Waals surface area (Å²) < 4.78 is 10.7. The van der Waals surface area contributed by atoms with Crippen LogP contribution in [-0.4, -0.2) is 30.9 Å². The number of carbonyl (C=O) groups excluding carboxylic acids is 2. The lowest BCUT2D eigenvalue weighted by Gasteiger charge is -2.22. The molecule has 0 aliphatic heterocycles. The van der Waals surface area contributed by atoms with E-state index in [0.717, 1.165) is 5.39 Å². The predicted octanol–water partition coefficient (Wildman–Crippen LogP) is 3.99. The lowest BCUT2D eigenvalue weighted by atomic mass is 9.83. The van der Waals surface area contributed by atoms with E-state index in [1.807, 2.05) is 12.1 Å². The summed E-state index contributed by atoms with van der Waals surface area (Å²) in [6, 6.07) is 15.5. The average Bonchev–Trinajstić information content (AvgIpc) is 2.71. The van der Waals surface area contributed by atoms with Crippen LogP contribution in [0.3, 0.4) is 0 Å². The van der Waals surface area contributed by atoms with Crippen molar-refractivity contribution in [1.82, 2.24) is 0 Å². The van der Waals surface area contributed by atoms with Gasteiger partial charge in [0.1, 0.15) is 11.5 Å². The third-order valence-electron chi connectivity index (χ3n) is 4.74. The van der Waals surface area contributed by atoms with Gasteiger partial charge in [0.2, 0.25) is 5.78 Å². The fraction of sp³-hybridized carbons (Fsp3) is 0.0909. The van der Waals surface area contributed by atoms with E-state index in [1.165, 1.54) is 14.2 Å². The molecule has 0 bridgehead atoms. The zero-order chi connectivity index (χ0) is 19.1. The van der Waals surface area contributed by atoms with Gasteiger partial charge in [-0.15, -0.1) is 0 Å². The monoisotopic (exact) mass is 360 g/mol. The van der Waals surface area contributed by atoms with Gasteiger partial charge in [0.25, 0.3) is 0 Å². The third-order valence-corrected chi connectivity index (χ3v) is 4.74. The van der Waals surface area contributed by atoms with Crippen LogP contribution in [0.15, 0.2) is 60.4 Å². The van der Waals surface area contributed by atoms with Gasteiger partial charge >= 0.3 is 0 Å². The summed E-state index contributed by atoms with van der Waals surface area (Å²) in [5.41, 5.74) is 0.706. The number of ketones is 2. The molecule has 1 aliphatic carbocycles. The Morgan fingerprint density at radius 3 is 2.11 bits per heavy atom. The van der Waals surface area contributed by atoms with Crippen molar-refractivity contribution in [3.05, 3.63) is 77.0 Å². The van der Waals surface area contributed by atoms with Crippen molar-refractivity contribution in [2.24, 2.45) is 0 Å². The standard InChI is InChI=1S/C22H16O5/c1-26-16-11-12-7-3-4-8-13(12)19(23)17(16)18-20(24)14-9-5-6-10-15(14)21(25)22(18)27-2/h3-11,23H,1-2H3. The Kier molecular flexibility index (Phi) is 3.92. The highest BCUT2D eigenvalue weighted by atomic mass is 16.5. The van der Waals surface area contributed by atoms with Gasteiger partial charge in [-0.05, 0) is 11.5 Å². The Balaban J connectivity index is 2.09. The van der Waals surface area contributed by atoms with Gasteiger partial charge in [0, 0.05) is 16.5 Å². The van der Waals surface area contributed by atoms with Crippen molar-refractivity contribution in [2.75, 3.05) is 14.2 Å². The molecule has 0 atom stereocenters. The van der Waals surface area contributed by atoms with Crippen molar-refractivity contribution in [2.45, 2.75) is 0 Å². The molecule has 4 rings (SSSR count). The number of methoxy groups -OCH3 is 2. The quantitative estimate of drug-likeness (QED) is 0.764. The summed E-state index contributed by atoms with van der Waals surface area (Å²) in [6.45, 7) is 0. The van der Waals surface area contributed by atoms with Gasteiger partial charge in [-0.3, -0.25) is 9.59 Å². The van der Waals surface area contributed by atoms with Crippen LogP contribution in [0.5, 0.6) is 11.5 Å². The van der Waals surface area contributed by atoms with Crippen LogP contribution in [0, 0.1) is 0 Å². The number of aromatic hydroxyl groups is 1. The zero-order valence-electron chi connectivity index (χ0n) is 14.8. The number of Topliss-reactive ketones (excluding diaryl/α,β-unsaturated/α-hetero) is 2. The van der Waals surface area contributed by atoms with Crippen LogP contribution in [0.2, 0.25) is 0 Å². The lowest BCUT2D eigenvalue weighted by molar-refractivity contribution is 0.0924. The van der Waals surface area contributed by atoms with Gasteiger partial charge in [-0.2, -0.15) is 0 Å². The van der Waals surface area contributed by atoms with Crippen LogP contribution in [0.1, 0.15) is 26.3 Å². The Bertz CT molecular complexity index is 1140. The smallest absolute Gasteiger partial charge is 0.229 e. The van der Waals surface area contributed by atoms with E-state index in [0.29, 0.717) is 5.39 Å². The van der Waals surface area contributed by atoms with Crippen LogP contribution < -0.4 is 4.74 Å². The molecular weight excluding hydrogens is 344 g/mol. The number of rotatable bonds is 3. The molecule has 1 aliphatic rings. The number of fused-ring (bicyclic) bond motifs is 2. The first-order valence-electron chi connectivity index (χ1n) is 8.34. The molecule has 134 valence electrons. The molecule has 0 heterocycles. The number of allylic oxidation sites excluding steroid dienone is 2.